The van der Waals surface area contributed by atoms with E-state index in [1.807, 2.05) is 0 Å². The number of nitrogens with one attached hydrogen (secondary N) is 1. The molecule has 0 aliphatic carbocycles. The number of anilines is 1. The zero-order valence-corrected chi connectivity index (χ0v) is 13.1. The molecule has 0 aromatic carbocycles. The Morgan fingerprint density at radius 1 is 1.43 bits per heavy atom. The van der Waals surface area contributed by atoms with E-state index < -0.39 is 4.92 Å². The number of aromatic nitrogens is 1. The summed E-state index contributed by atoms with van der Waals surface area (Å²) >= 11 is 3.36. The van der Waals surface area contributed by atoms with Gasteiger partial charge in [0.1, 0.15) is 0 Å². The van der Waals surface area contributed by atoms with E-state index in [0.29, 0.717) is 15.7 Å². The van der Waals surface area contributed by atoms with Crippen LogP contribution in [0.3, 0.4) is 0 Å². The Balaban J connectivity index is 2.02. The second-order valence-electron chi connectivity index (χ2n) is 3.79. The maximum atomic E-state index is 11.6. The van der Waals surface area contributed by atoms with Gasteiger partial charge in [-0.2, -0.15) is 0 Å². The highest BCUT2D eigenvalue weighted by Crippen LogP contribution is 2.32. The van der Waals surface area contributed by atoms with Crippen LogP contribution >= 0.6 is 34.4 Å². The largest absolute Gasteiger partial charge is 0.301 e. The summed E-state index contributed by atoms with van der Waals surface area (Å²) in [6, 6.07) is 1.44. The van der Waals surface area contributed by atoms with Gasteiger partial charge in [-0.25, -0.2) is 4.98 Å². The number of thioether (sulfide) groups is 1. The molecule has 0 atom stereocenters. The molecule has 21 heavy (non-hydrogen) atoms. The highest BCUT2D eigenvalue weighted by atomic mass is 32.2. The maximum Gasteiger partial charge on any atom is 0.280 e. The summed E-state index contributed by atoms with van der Waals surface area (Å²) in [6.07, 6.45) is 0. The predicted molar refractivity (Wildman–Crippen MR) is 83.9 cm³/mol. The molecule has 1 amide bonds. The highest BCUT2D eigenvalue weighted by Gasteiger charge is 2.14. The second kappa shape index (κ2) is 6.78. The lowest BCUT2D eigenvalue weighted by Crippen LogP contribution is -2.14. The third-order valence-corrected chi connectivity index (χ3v) is 4.72. The van der Waals surface area contributed by atoms with E-state index in [0.717, 1.165) is 11.8 Å². The molecule has 0 saturated carbocycles. The summed E-state index contributed by atoms with van der Waals surface area (Å²) < 4.78 is 0. The molecule has 0 bridgehead atoms. The number of carbonyl (C=O) groups is 2. The molecule has 0 aliphatic rings. The molecule has 0 fully saturated rings. The molecule has 2 rings (SSSR count). The normalized spacial score (nSPS) is 10.3. The van der Waals surface area contributed by atoms with Crippen LogP contribution in [0.25, 0.3) is 10.6 Å². The van der Waals surface area contributed by atoms with Crippen molar-refractivity contribution >= 4 is 56.3 Å². The van der Waals surface area contributed by atoms with Crippen LogP contribution in [0.15, 0.2) is 16.8 Å². The molecule has 0 saturated heterocycles. The van der Waals surface area contributed by atoms with Crippen LogP contribution in [0.4, 0.5) is 10.8 Å². The molecule has 7 nitrogen and oxygen atoms in total. The molecule has 10 heteroatoms. The van der Waals surface area contributed by atoms with Crippen LogP contribution in [-0.2, 0) is 9.59 Å². The Morgan fingerprint density at radius 3 is 2.81 bits per heavy atom. The summed E-state index contributed by atoms with van der Waals surface area (Å²) in [4.78, 5) is 37.3. The van der Waals surface area contributed by atoms with Gasteiger partial charge < -0.3 is 5.32 Å². The number of hydrogen-bond acceptors (Lipinski definition) is 8. The topological polar surface area (TPSA) is 102 Å². The van der Waals surface area contributed by atoms with E-state index in [1.54, 1.807) is 5.38 Å². The van der Waals surface area contributed by atoms with Gasteiger partial charge in [0.05, 0.1) is 26.6 Å². The molecule has 0 unspecified atom stereocenters. The molecule has 2 aromatic heterocycles. The van der Waals surface area contributed by atoms with Crippen LogP contribution in [0, 0.1) is 10.1 Å². The lowest BCUT2D eigenvalue weighted by atomic mass is 10.4. The predicted octanol–water partition coefficient (Wildman–Crippen LogP) is 3.00. The third kappa shape index (κ3) is 4.34. The molecule has 2 aromatic rings. The first-order chi connectivity index (χ1) is 9.95. The highest BCUT2D eigenvalue weighted by molar-refractivity contribution is 8.14. The minimum Gasteiger partial charge on any atom is -0.301 e. The summed E-state index contributed by atoms with van der Waals surface area (Å²) in [6.45, 7) is 1.39. The van der Waals surface area contributed by atoms with E-state index >= 15 is 0 Å². The number of thiophene rings is 1. The third-order valence-electron chi connectivity index (χ3n) is 2.21. The average molecular weight is 343 g/mol. The first-order valence-corrected chi connectivity index (χ1v) is 8.32. The Labute approximate surface area is 131 Å². The van der Waals surface area contributed by atoms with E-state index in [9.17, 15) is 19.7 Å². The second-order valence-corrected chi connectivity index (χ2v) is 6.71. The maximum absolute atomic E-state index is 11.6. The first kappa shape index (κ1) is 15.6. The number of nitro groups is 1. The number of amides is 1. The van der Waals surface area contributed by atoms with Gasteiger partial charge >= 0.3 is 0 Å². The van der Waals surface area contributed by atoms with Crippen molar-refractivity contribution in [3.05, 3.63) is 26.9 Å². The summed E-state index contributed by atoms with van der Waals surface area (Å²) in [5.74, 6) is -0.275. The SMILES string of the molecule is CC(=O)SCC(=O)Nc1nc(-c2cc([N+](=O)[O-])cs2)cs1. The van der Waals surface area contributed by atoms with Crippen LogP contribution in [0.1, 0.15) is 6.92 Å². The fourth-order valence-corrected chi connectivity index (χ4v) is 3.35. The van der Waals surface area contributed by atoms with Gasteiger partial charge in [0.25, 0.3) is 5.69 Å². The van der Waals surface area contributed by atoms with Gasteiger partial charge in [-0.15, -0.1) is 22.7 Å². The van der Waals surface area contributed by atoms with Crippen molar-refractivity contribution in [3.8, 4) is 10.6 Å². The quantitative estimate of drug-likeness (QED) is 0.661. The lowest BCUT2D eigenvalue weighted by Gasteiger charge is -1.98. The Kier molecular flexibility index (Phi) is 5.04. The summed E-state index contributed by atoms with van der Waals surface area (Å²) in [5, 5.41) is 16.6. The first-order valence-electron chi connectivity index (χ1n) is 5.57. The standard InChI is InChI=1S/C11H9N3O4S3/c1-6(15)19-5-10(16)13-11-12-8(4-21-11)9-2-7(3-20-9)14(17)18/h2-4H,5H2,1H3,(H,12,13,16). The lowest BCUT2D eigenvalue weighted by molar-refractivity contribution is -0.384. The van der Waals surface area contributed by atoms with E-state index in [2.05, 4.69) is 10.3 Å². The van der Waals surface area contributed by atoms with Crippen molar-refractivity contribution < 1.29 is 14.5 Å². The Bertz CT molecular complexity index is 694. The number of hydrogen-bond donors (Lipinski definition) is 1. The van der Waals surface area contributed by atoms with Crippen molar-refractivity contribution in [3.63, 3.8) is 0 Å². The van der Waals surface area contributed by atoms with Crippen molar-refractivity contribution in [2.45, 2.75) is 6.92 Å². The Morgan fingerprint density at radius 2 is 2.19 bits per heavy atom. The van der Waals surface area contributed by atoms with Gasteiger partial charge in [-0.3, -0.25) is 19.7 Å². The molecule has 2 heterocycles. The molecule has 0 spiro atoms. The molecule has 1 N–H and O–H groups in total. The van der Waals surface area contributed by atoms with Gasteiger partial charge in [-0.1, -0.05) is 11.8 Å². The minimum atomic E-state index is -0.464. The molecular weight excluding hydrogens is 334 g/mol. The fraction of sp³-hybridized carbons (Fsp3) is 0.182. The smallest absolute Gasteiger partial charge is 0.280 e. The fourth-order valence-electron chi connectivity index (χ4n) is 1.32. The number of rotatable bonds is 5. The number of nitrogens with zero attached hydrogens (tertiary/aromatic N) is 2. The van der Waals surface area contributed by atoms with Crippen LogP contribution in [-0.4, -0.2) is 26.7 Å². The van der Waals surface area contributed by atoms with Gasteiger partial charge in [0.2, 0.25) is 5.91 Å². The van der Waals surface area contributed by atoms with Crippen LogP contribution in [0.2, 0.25) is 0 Å². The molecule has 110 valence electrons. The van der Waals surface area contributed by atoms with Crippen molar-refractivity contribution in [2.24, 2.45) is 0 Å². The average Bonchev–Trinajstić information content (AvgIpc) is 3.04. The van der Waals surface area contributed by atoms with Gasteiger partial charge in [-0.05, 0) is 0 Å². The van der Waals surface area contributed by atoms with Gasteiger partial charge in [0, 0.05) is 18.4 Å². The van der Waals surface area contributed by atoms with E-state index in [-0.39, 0.29) is 22.5 Å². The van der Waals surface area contributed by atoms with Crippen molar-refractivity contribution in [2.75, 3.05) is 11.1 Å². The molecular formula is C11H9N3O4S3. The van der Waals surface area contributed by atoms with E-state index in [4.69, 9.17) is 0 Å². The Hall–Kier alpha value is -1.78. The van der Waals surface area contributed by atoms with Crippen molar-refractivity contribution in [1.82, 2.24) is 4.98 Å². The molecule has 0 radical (unpaired) electrons. The number of thiazole rings is 1. The van der Waals surface area contributed by atoms with Crippen molar-refractivity contribution in [1.29, 1.82) is 0 Å². The molecule has 0 aliphatic heterocycles. The zero-order chi connectivity index (χ0) is 15.4. The van der Waals surface area contributed by atoms with Gasteiger partial charge in [0.15, 0.2) is 10.2 Å². The monoisotopic (exact) mass is 343 g/mol. The minimum absolute atomic E-state index is 0.0199. The summed E-state index contributed by atoms with van der Waals surface area (Å²) in [7, 11) is 0. The van der Waals surface area contributed by atoms with Crippen LogP contribution < -0.4 is 5.32 Å². The number of carbonyl (C=O) groups excluding carboxylic acids is 2. The van der Waals surface area contributed by atoms with E-state index in [1.165, 1.54) is 41.0 Å². The van der Waals surface area contributed by atoms with Crippen LogP contribution in [0.5, 0.6) is 0 Å². The summed E-state index contributed by atoms with van der Waals surface area (Å²) in [5.41, 5.74) is 0.596. The zero-order valence-electron chi connectivity index (χ0n) is 10.7.